The topological polar surface area (TPSA) is 68.2 Å². The van der Waals surface area contributed by atoms with Gasteiger partial charge >= 0.3 is 6.03 Å². The fourth-order valence-corrected chi connectivity index (χ4v) is 5.71. The lowest BCUT2D eigenvalue weighted by atomic mass is 9.74. The monoisotopic (exact) mass is 532 g/mol. The molecule has 2 N–H and O–H groups in total. The molecule has 0 saturated carbocycles. The van der Waals surface area contributed by atoms with Crippen molar-refractivity contribution in [3.63, 3.8) is 0 Å². The van der Waals surface area contributed by atoms with E-state index in [9.17, 15) is 14.4 Å². The van der Waals surface area contributed by atoms with E-state index in [1.54, 1.807) is 6.07 Å². The zero-order chi connectivity index (χ0) is 27.1. The molecular weight excluding hydrogens is 499 g/mol. The molecule has 0 bridgehead atoms. The highest BCUT2D eigenvalue weighted by Gasteiger charge is 2.33. The number of nitrogens with one attached hydrogen (secondary N) is 2. The van der Waals surface area contributed by atoms with Crippen LogP contribution in [0.2, 0.25) is 5.02 Å². The number of rotatable bonds is 8. The average Bonchev–Trinajstić information content (AvgIpc) is 2.92. The molecule has 1 saturated heterocycles. The van der Waals surface area contributed by atoms with Gasteiger partial charge in [-0.15, -0.1) is 0 Å². The first kappa shape index (κ1) is 27.6. The highest BCUT2D eigenvalue weighted by atomic mass is 35.5. The average molecular weight is 533 g/mol. The number of nitriles is 1. The van der Waals surface area contributed by atoms with Gasteiger partial charge < -0.3 is 15.5 Å². The second-order valence-electron chi connectivity index (χ2n) is 10.1. The van der Waals surface area contributed by atoms with Crippen LogP contribution in [0.5, 0.6) is 0 Å². The first-order valence-electron chi connectivity index (χ1n) is 13.2. The van der Waals surface area contributed by atoms with Gasteiger partial charge in [0.2, 0.25) is 0 Å². The van der Waals surface area contributed by atoms with Gasteiger partial charge in [0.25, 0.3) is 0 Å². The van der Waals surface area contributed by atoms with Crippen molar-refractivity contribution in [3.05, 3.63) is 88.7 Å². The van der Waals surface area contributed by atoms with Crippen molar-refractivity contribution in [2.24, 2.45) is 11.8 Å². The summed E-state index contributed by atoms with van der Waals surface area (Å²) in [5, 5.41) is 15.0. The van der Waals surface area contributed by atoms with Gasteiger partial charge in [0.15, 0.2) is 0 Å². The van der Waals surface area contributed by atoms with E-state index in [1.807, 2.05) is 18.2 Å². The summed E-state index contributed by atoms with van der Waals surface area (Å²) in [6.07, 6.45) is 2.21. The lowest BCUT2D eigenvalue weighted by molar-refractivity contribution is 0.112. The van der Waals surface area contributed by atoms with E-state index in [4.69, 9.17) is 11.6 Å². The number of urea groups is 1. The number of nitrogens with zero attached hydrogens (tertiary/aromatic N) is 2. The van der Waals surface area contributed by atoms with Gasteiger partial charge in [-0.25, -0.2) is 9.18 Å². The van der Waals surface area contributed by atoms with E-state index in [0.717, 1.165) is 43.6 Å². The minimum atomic E-state index is -0.524. The normalized spacial score (nSPS) is 18.4. The van der Waals surface area contributed by atoms with Gasteiger partial charge in [0, 0.05) is 24.7 Å². The van der Waals surface area contributed by atoms with Crippen molar-refractivity contribution in [1.82, 2.24) is 10.2 Å². The number of benzene rings is 3. The Bertz CT molecular complexity index is 1290. The Morgan fingerprint density at radius 3 is 2.63 bits per heavy atom. The van der Waals surface area contributed by atoms with Crippen LogP contribution in [0.4, 0.5) is 14.9 Å². The van der Waals surface area contributed by atoms with Gasteiger partial charge in [-0.3, -0.25) is 0 Å². The summed E-state index contributed by atoms with van der Waals surface area (Å²) in [5.74, 6) is 0.504. The van der Waals surface area contributed by atoms with Crippen LogP contribution in [-0.2, 0) is 0 Å². The minimum absolute atomic E-state index is 0.0336. The SMILES string of the molecule is CCCN1CCC(C(CNC(=O)Nc2ccc(F)c(Cl)c2)c2ccc(-c3cccc(C#N)c3)cc2)[C@@H](C)C1. The van der Waals surface area contributed by atoms with Crippen molar-refractivity contribution in [2.45, 2.75) is 32.6 Å². The summed E-state index contributed by atoms with van der Waals surface area (Å²) in [7, 11) is 0. The zero-order valence-electron chi connectivity index (χ0n) is 21.9. The number of carbonyl (C=O) groups is 1. The van der Waals surface area contributed by atoms with Crippen molar-refractivity contribution in [2.75, 3.05) is 31.5 Å². The van der Waals surface area contributed by atoms with Crippen LogP contribution < -0.4 is 10.6 Å². The third-order valence-electron chi connectivity index (χ3n) is 7.44. The Hall–Kier alpha value is -3.40. The van der Waals surface area contributed by atoms with Crippen LogP contribution in [0.3, 0.4) is 0 Å². The van der Waals surface area contributed by atoms with E-state index in [1.165, 1.54) is 23.8 Å². The largest absolute Gasteiger partial charge is 0.337 e. The Labute approximate surface area is 229 Å². The molecule has 1 aliphatic heterocycles. The number of carbonyl (C=O) groups excluding carboxylic acids is 1. The third-order valence-corrected chi connectivity index (χ3v) is 7.73. The molecule has 7 heteroatoms. The van der Waals surface area contributed by atoms with E-state index in [0.29, 0.717) is 29.6 Å². The molecule has 1 fully saturated rings. The standard InChI is InChI=1S/C31H34ClFN4O/c1-3-14-37-15-13-27(21(2)20-37)28(19-35-31(38)36-26-11-12-30(33)29(32)17-26)24-9-7-23(8-10-24)25-6-4-5-22(16-25)18-34/h4-12,16-17,21,27-28H,3,13-15,19-20H2,1-2H3,(H2,35,36,38)/t21-,27?,28?/m0/s1. The summed E-state index contributed by atoms with van der Waals surface area (Å²) in [6, 6.07) is 22.1. The molecule has 4 rings (SSSR count). The zero-order valence-corrected chi connectivity index (χ0v) is 22.6. The molecule has 0 radical (unpaired) electrons. The van der Waals surface area contributed by atoms with Crippen LogP contribution in [0.15, 0.2) is 66.7 Å². The molecule has 1 heterocycles. The van der Waals surface area contributed by atoms with Crippen LogP contribution >= 0.6 is 11.6 Å². The number of anilines is 1. The molecule has 198 valence electrons. The van der Waals surface area contributed by atoms with E-state index < -0.39 is 5.82 Å². The van der Waals surface area contributed by atoms with Crippen molar-refractivity contribution < 1.29 is 9.18 Å². The summed E-state index contributed by atoms with van der Waals surface area (Å²) in [5.41, 5.74) is 4.31. The summed E-state index contributed by atoms with van der Waals surface area (Å²) >= 11 is 5.86. The maximum absolute atomic E-state index is 13.5. The summed E-state index contributed by atoms with van der Waals surface area (Å²) in [4.78, 5) is 15.3. The number of hydrogen-bond donors (Lipinski definition) is 2. The number of piperidine rings is 1. The number of halogens is 2. The van der Waals surface area contributed by atoms with Gasteiger partial charge in [0.05, 0.1) is 16.7 Å². The molecule has 1 aliphatic rings. The second-order valence-corrected chi connectivity index (χ2v) is 10.5. The van der Waals surface area contributed by atoms with E-state index >= 15 is 0 Å². The van der Waals surface area contributed by atoms with Gasteiger partial charge in [-0.1, -0.05) is 61.8 Å². The second kappa shape index (κ2) is 12.9. The summed E-state index contributed by atoms with van der Waals surface area (Å²) < 4.78 is 13.5. The van der Waals surface area contributed by atoms with Crippen LogP contribution in [0.1, 0.15) is 43.7 Å². The summed E-state index contributed by atoms with van der Waals surface area (Å²) in [6.45, 7) is 8.21. The molecule has 0 spiro atoms. The molecule has 3 atom stereocenters. The minimum Gasteiger partial charge on any atom is -0.337 e. The molecule has 3 aromatic rings. The predicted molar refractivity (Wildman–Crippen MR) is 152 cm³/mol. The fraction of sp³-hybridized carbons (Fsp3) is 0.355. The van der Waals surface area contributed by atoms with Crippen molar-refractivity contribution >= 4 is 23.3 Å². The molecule has 5 nitrogen and oxygen atoms in total. The maximum Gasteiger partial charge on any atom is 0.319 e. The van der Waals surface area contributed by atoms with Crippen LogP contribution in [0.25, 0.3) is 11.1 Å². The van der Waals surface area contributed by atoms with Gasteiger partial charge in [0.1, 0.15) is 5.82 Å². The fourth-order valence-electron chi connectivity index (χ4n) is 5.53. The quantitative estimate of drug-likeness (QED) is 0.320. The Morgan fingerprint density at radius 2 is 1.95 bits per heavy atom. The molecule has 0 aromatic heterocycles. The Balaban J connectivity index is 1.52. The molecular formula is C31H34ClFN4O. The van der Waals surface area contributed by atoms with Crippen molar-refractivity contribution in [3.8, 4) is 17.2 Å². The highest BCUT2D eigenvalue weighted by Crippen LogP contribution is 2.37. The Morgan fingerprint density at radius 1 is 1.16 bits per heavy atom. The smallest absolute Gasteiger partial charge is 0.319 e. The molecule has 3 aromatic carbocycles. The van der Waals surface area contributed by atoms with Gasteiger partial charge in [-0.2, -0.15) is 5.26 Å². The lowest BCUT2D eigenvalue weighted by Gasteiger charge is -2.41. The van der Waals surface area contributed by atoms with Gasteiger partial charge in [-0.05, 0) is 84.8 Å². The number of hydrogen-bond acceptors (Lipinski definition) is 3. The molecule has 0 aliphatic carbocycles. The maximum atomic E-state index is 13.5. The van der Waals surface area contributed by atoms with Crippen LogP contribution in [0, 0.1) is 29.0 Å². The molecule has 2 amide bonds. The highest BCUT2D eigenvalue weighted by molar-refractivity contribution is 6.31. The first-order chi connectivity index (χ1) is 18.4. The first-order valence-corrected chi connectivity index (χ1v) is 13.6. The van der Waals surface area contributed by atoms with Crippen LogP contribution in [-0.4, -0.2) is 37.1 Å². The number of likely N-dealkylation sites (tertiary alicyclic amines) is 1. The third kappa shape index (κ3) is 6.92. The van der Waals surface area contributed by atoms with E-state index in [-0.39, 0.29) is 17.0 Å². The Kier molecular flexibility index (Phi) is 9.38. The molecule has 2 unspecified atom stereocenters. The lowest BCUT2D eigenvalue weighted by Crippen LogP contribution is -2.44. The van der Waals surface area contributed by atoms with Crippen molar-refractivity contribution in [1.29, 1.82) is 5.26 Å². The number of amides is 2. The predicted octanol–water partition coefficient (Wildman–Crippen LogP) is 7.29. The van der Waals surface area contributed by atoms with E-state index in [2.05, 4.69) is 59.7 Å². The molecule has 38 heavy (non-hydrogen) atoms.